The second-order valence-electron chi connectivity index (χ2n) is 8.09. The number of halogens is 1. The van der Waals surface area contributed by atoms with Crippen LogP contribution >= 0.6 is 11.6 Å². The molecule has 4 fully saturated rings. The summed E-state index contributed by atoms with van der Waals surface area (Å²) >= 11 is 6.90. The summed E-state index contributed by atoms with van der Waals surface area (Å²) in [6.45, 7) is 0.464. The summed E-state index contributed by atoms with van der Waals surface area (Å²) in [6, 6.07) is 12.0. The zero-order chi connectivity index (χ0) is 16.8. The minimum atomic E-state index is -0.308. The molecule has 4 saturated carbocycles. The third kappa shape index (κ3) is 2.62. The second kappa shape index (κ2) is 5.77. The summed E-state index contributed by atoms with van der Waals surface area (Å²) in [6.07, 6.45) is 6.51. The first-order valence-corrected chi connectivity index (χ1v) is 9.34. The van der Waals surface area contributed by atoms with Gasteiger partial charge in [-0.1, -0.05) is 18.2 Å². The van der Waals surface area contributed by atoms with Crippen LogP contribution in [0.25, 0.3) is 0 Å². The van der Waals surface area contributed by atoms with E-state index in [1.165, 1.54) is 6.42 Å². The Labute approximate surface area is 148 Å². The topological polar surface area (TPSA) is 44.1 Å². The quantitative estimate of drug-likeness (QED) is 0.755. The maximum Gasteiger partial charge on any atom is 0.233 e. The number of hydrogen-bond donors (Lipinski definition) is 0. The van der Waals surface area contributed by atoms with E-state index in [9.17, 15) is 4.79 Å². The summed E-state index contributed by atoms with van der Waals surface area (Å²) in [4.78, 5) is 15.3. The minimum absolute atomic E-state index is 0.169. The summed E-state index contributed by atoms with van der Waals surface area (Å²) in [5.74, 6) is 1.39. The first-order chi connectivity index (χ1) is 11.5. The van der Waals surface area contributed by atoms with E-state index in [0.29, 0.717) is 24.8 Å². The largest absolute Gasteiger partial charge is 0.311 e. The van der Waals surface area contributed by atoms with Crippen LogP contribution in [0.15, 0.2) is 30.3 Å². The van der Waals surface area contributed by atoms with E-state index < -0.39 is 0 Å². The number of carbonyl (C=O) groups excluding carboxylic acids is 1. The lowest BCUT2D eigenvalue weighted by Crippen LogP contribution is -2.59. The highest BCUT2D eigenvalue weighted by molar-refractivity contribution is 6.24. The van der Waals surface area contributed by atoms with Crippen molar-refractivity contribution in [2.75, 3.05) is 11.4 Å². The number of para-hydroxylation sites is 1. The summed E-state index contributed by atoms with van der Waals surface area (Å²) < 4.78 is 0. The molecule has 3 nitrogen and oxygen atoms in total. The van der Waals surface area contributed by atoms with Crippen LogP contribution in [-0.2, 0) is 4.79 Å². The van der Waals surface area contributed by atoms with E-state index in [0.717, 1.165) is 37.8 Å². The predicted octanol–water partition coefficient (Wildman–Crippen LogP) is 4.51. The van der Waals surface area contributed by atoms with E-state index in [1.54, 1.807) is 0 Å². The lowest BCUT2D eigenvalue weighted by molar-refractivity contribution is -0.141. The van der Waals surface area contributed by atoms with Gasteiger partial charge in [0.25, 0.3) is 0 Å². The molecule has 4 heteroatoms. The molecule has 0 aliphatic heterocycles. The number of amides is 1. The van der Waals surface area contributed by atoms with Crippen molar-refractivity contribution in [3.63, 3.8) is 0 Å². The maximum absolute atomic E-state index is 13.6. The van der Waals surface area contributed by atoms with E-state index >= 15 is 0 Å². The van der Waals surface area contributed by atoms with Gasteiger partial charge in [0, 0.05) is 17.1 Å². The van der Waals surface area contributed by atoms with Crippen LogP contribution in [-0.4, -0.2) is 17.3 Å². The molecule has 1 aromatic rings. The van der Waals surface area contributed by atoms with Crippen molar-refractivity contribution in [3.8, 4) is 6.07 Å². The van der Waals surface area contributed by atoms with Crippen LogP contribution < -0.4 is 4.90 Å². The number of benzene rings is 1. The van der Waals surface area contributed by atoms with Gasteiger partial charge in [-0.15, -0.1) is 11.6 Å². The number of alkyl halides is 1. The second-order valence-corrected chi connectivity index (χ2v) is 8.89. The zero-order valence-electron chi connectivity index (χ0n) is 13.9. The van der Waals surface area contributed by atoms with Crippen molar-refractivity contribution in [1.29, 1.82) is 5.26 Å². The Hall–Kier alpha value is -1.53. The van der Waals surface area contributed by atoms with E-state index in [4.69, 9.17) is 16.9 Å². The zero-order valence-corrected chi connectivity index (χ0v) is 14.6. The molecule has 0 heterocycles. The lowest BCUT2D eigenvalue weighted by Gasteiger charge is -2.59. The van der Waals surface area contributed by atoms with Gasteiger partial charge in [0.1, 0.15) is 0 Å². The van der Waals surface area contributed by atoms with Crippen molar-refractivity contribution < 1.29 is 4.79 Å². The molecule has 5 rings (SSSR count). The lowest BCUT2D eigenvalue weighted by atomic mass is 9.49. The average molecular weight is 343 g/mol. The van der Waals surface area contributed by atoms with E-state index in [1.807, 2.05) is 35.2 Å². The van der Waals surface area contributed by atoms with Gasteiger partial charge in [0.05, 0.1) is 17.9 Å². The Kier molecular flexibility index (Phi) is 3.84. The molecule has 0 radical (unpaired) electrons. The molecule has 4 bridgehead atoms. The van der Waals surface area contributed by atoms with Crippen LogP contribution in [0.4, 0.5) is 5.69 Å². The smallest absolute Gasteiger partial charge is 0.233 e. The number of rotatable bonds is 4. The van der Waals surface area contributed by atoms with Crippen LogP contribution in [0.1, 0.15) is 44.9 Å². The fourth-order valence-electron chi connectivity index (χ4n) is 5.80. The predicted molar refractivity (Wildman–Crippen MR) is 94.7 cm³/mol. The molecule has 2 unspecified atom stereocenters. The normalized spacial score (nSPS) is 36.3. The Balaban J connectivity index is 1.66. The van der Waals surface area contributed by atoms with Crippen molar-refractivity contribution in [2.45, 2.75) is 49.8 Å². The molecule has 1 aromatic carbocycles. The maximum atomic E-state index is 13.6. The van der Waals surface area contributed by atoms with Crippen molar-refractivity contribution in [1.82, 2.24) is 0 Å². The van der Waals surface area contributed by atoms with Crippen LogP contribution in [0.5, 0.6) is 0 Å². The van der Waals surface area contributed by atoms with E-state index in [2.05, 4.69) is 6.07 Å². The van der Waals surface area contributed by atoms with Gasteiger partial charge in [-0.3, -0.25) is 4.79 Å². The molecule has 4 aliphatic carbocycles. The third-order valence-electron chi connectivity index (χ3n) is 6.20. The highest BCUT2D eigenvalue weighted by Crippen LogP contribution is 2.64. The molecule has 126 valence electrons. The van der Waals surface area contributed by atoms with Gasteiger partial charge in [0.15, 0.2) is 0 Å². The van der Waals surface area contributed by atoms with Crippen molar-refractivity contribution in [3.05, 3.63) is 30.3 Å². The van der Waals surface area contributed by atoms with Gasteiger partial charge < -0.3 is 4.90 Å². The third-order valence-corrected chi connectivity index (χ3v) is 6.65. The highest BCUT2D eigenvalue weighted by Gasteiger charge is 2.60. The minimum Gasteiger partial charge on any atom is -0.311 e. The molecule has 0 spiro atoms. The molecule has 24 heavy (non-hydrogen) atoms. The number of anilines is 1. The number of nitriles is 1. The van der Waals surface area contributed by atoms with Crippen molar-refractivity contribution >= 4 is 23.2 Å². The van der Waals surface area contributed by atoms with Gasteiger partial charge in [0.2, 0.25) is 5.91 Å². The number of carbonyl (C=O) groups is 1. The molecule has 4 atom stereocenters. The molecule has 1 amide bonds. The number of nitrogens with zero attached hydrogens (tertiary/aromatic N) is 2. The van der Waals surface area contributed by atoms with Crippen LogP contribution in [0.3, 0.4) is 0 Å². The van der Waals surface area contributed by atoms with Gasteiger partial charge >= 0.3 is 0 Å². The fourth-order valence-corrected chi connectivity index (χ4v) is 6.50. The molecule has 0 N–H and O–H groups in total. The molecule has 4 aliphatic rings. The summed E-state index contributed by atoms with van der Waals surface area (Å²) in [7, 11) is 0. The SMILES string of the molecule is N#CCCN(C(=O)C12C[C@@H]3C[C@@H](CC(Cl)(C3)C1)C2)c1ccccc1. The summed E-state index contributed by atoms with van der Waals surface area (Å²) in [5.41, 5.74) is 0.592. The van der Waals surface area contributed by atoms with Gasteiger partial charge in [-0.05, 0) is 62.5 Å². The highest BCUT2D eigenvalue weighted by atomic mass is 35.5. The standard InChI is InChI=1S/C20H23ClN2O/c21-20-12-15-9-16(13-20)11-19(10-15,14-20)18(24)23(8-4-7-22)17-5-2-1-3-6-17/h1-3,5-6,15-16H,4,8-14H2/t15-,16+,19?,20?. The van der Waals surface area contributed by atoms with Crippen LogP contribution in [0, 0.1) is 28.6 Å². The monoisotopic (exact) mass is 342 g/mol. The van der Waals surface area contributed by atoms with E-state index in [-0.39, 0.29) is 16.2 Å². The van der Waals surface area contributed by atoms with Crippen molar-refractivity contribution in [2.24, 2.45) is 17.3 Å². The first-order valence-electron chi connectivity index (χ1n) is 8.97. The molecular formula is C20H23ClN2O. The number of hydrogen-bond acceptors (Lipinski definition) is 2. The molecular weight excluding hydrogens is 320 g/mol. The fraction of sp³-hybridized carbons (Fsp3) is 0.600. The average Bonchev–Trinajstić information content (AvgIpc) is 2.54. The Morgan fingerprint density at radius 1 is 1.21 bits per heavy atom. The Bertz CT molecular complexity index is 667. The van der Waals surface area contributed by atoms with Gasteiger partial charge in [-0.25, -0.2) is 0 Å². The Morgan fingerprint density at radius 2 is 1.88 bits per heavy atom. The first kappa shape index (κ1) is 16.0. The molecule has 0 saturated heterocycles. The molecule has 0 aromatic heterocycles. The summed E-state index contributed by atoms with van der Waals surface area (Å²) in [5, 5.41) is 9.01. The van der Waals surface area contributed by atoms with Gasteiger partial charge in [-0.2, -0.15) is 5.26 Å². The Morgan fingerprint density at radius 3 is 2.46 bits per heavy atom. The van der Waals surface area contributed by atoms with Crippen LogP contribution in [0.2, 0.25) is 0 Å².